The van der Waals surface area contributed by atoms with Crippen LogP contribution in [0.3, 0.4) is 0 Å². The first-order valence-electron chi connectivity index (χ1n) is 6.26. The molecular weight excluding hydrogens is 290 g/mol. The maximum absolute atomic E-state index is 12.0. The number of rotatable bonds is 6. The summed E-state index contributed by atoms with van der Waals surface area (Å²) in [4.78, 5) is 16.2. The number of ether oxygens (including phenoxy) is 2. The maximum atomic E-state index is 12.0. The molecule has 0 saturated heterocycles. The third-order valence-electron chi connectivity index (χ3n) is 2.79. The summed E-state index contributed by atoms with van der Waals surface area (Å²) in [6.45, 7) is 0. The molecule has 1 amide bonds. The molecule has 1 aromatic heterocycles. The van der Waals surface area contributed by atoms with Gasteiger partial charge in [-0.2, -0.15) is 0 Å². The minimum absolute atomic E-state index is 0.130. The van der Waals surface area contributed by atoms with Crippen LogP contribution in [0.15, 0.2) is 35.7 Å². The summed E-state index contributed by atoms with van der Waals surface area (Å²) in [5.74, 6) is 1.38. The topological polar surface area (TPSA) is 65.4 Å². The zero-order valence-corrected chi connectivity index (χ0v) is 12.9. The van der Waals surface area contributed by atoms with E-state index < -0.39 is 0 Å². The maximum Gasteiger partial charge on any atom is 0.234 e. The molecule has 0 aliphatic heterocycles. The van der Waals surface area contributed by atoms with Gasteiger partial charge in [0.15, 0.2) is 5.16 Å². The monoisotopic (exact) mass is 307 g/mol. The molecule has 0 unspecified atom stereocenters. The third kappa shape index (κ3) is 3.91. The lowest BCUT2D eigenvalue weighted by Crippen LogP contribution is -2.15. The van der Waals surface area contributed by atoms with Gasteiger partial charge in [0.2, 0.25) is 5.91 Å². The average molecular weight is 307 g/mol. The van der Waals surface area contributed by atoms with Crippen LogP contribution in [0.2, 0.25) is 0 Å². The molecule has 0 radical (unpaired) electrons. The number of imidazole rings is 1. The minimum Gasteiger partial charge on any atom is -0.497 e. The molecule has 2 aromatic rings. The number of aryl methyl sites for hydroxylation is 1. The fourth-order valence-electron chi connectivity index (χ4n) is 1.72. The lowest BCUT2D eigenvalue weighted by atomic mass is 10.2. The van der Waals surface area contributed by atoms with Crippen LogP contribution < -0.4 is 14.8 Å². The summed E-state index contributed by atoms with van der Waals surface area (Å²) >= 11 is 1.37. The van der Waals surface area contributed by atoms with Gasteiger partial charge in [0, 0.05) is 25.5 Å². The normalized spacial score (nSPS) is 10.2. The Balaban J connectivity index is 2.00. The second kappa shape index (κ2) is 7.03. The smallest absolute Gasteiger partial charge is 0.234 e. The van der Waals surface area contributed by atoms with E-state index in [1.165, 1.54) is 11.8 Å². The Morgan fingerprint density at radius 1 is 1.38 bits per heavy atom. The Labute approximate surface area is 127 Å². The molecule has 0 spiro atoms. The average Bonchev–Trinajstić information content (AvgIpc) is 2.90. The van der Waals surface area contributed by atoms with Gasteiger partial charge in [-0.25, -0.2) is 4.98 Å². The van der Waals surface area contributed by atoms with Crippen molar-refractivity contribution in [3.63, 3.8) is 0 Å². The molecule has 0 aliphatic rings. The first-order chi connectivity index (χ1) is 10.1. The van der Waals surface area contributed by atoms with Crippen LogP contribution in [0.1, 0.15) is 0 Å². The van der Waals surface area contributed by atoms with Gasteiger partial charge in [-0.1, -0.05) is 11.8 Å². The third-order valence-corrected chi connectivity index (χ3v) is 3.85. The molecule has 0 fully saturated rings. The number of anilines is 1. The van der Waals surface area contributed by atoms with E-state index >= 15 is 0 Å². The number of amides is 1. The summed E-state index contributed by atoms with van der Waals surface area (Å²) in [6.07, 6.45) is 3.54. The highest BCUT2D eigenvalue weighted by molar-refractivity contribution is 7.99. The molecule has 1 aromatic carbocycles. The molecule has 112 valence electrons. The predicted molar refractivity (Wildman–Crippen MR) is 82.1 cm³/mol. The van der Waals surface area contributed by atoms with E-state index in [2.05, 4.69) is 10.3 Å². The highest BCUT2D eigenvalue weighted by Gasteiger charge is 2.10. The first-order valence-corrected chi connectivity index (χ1v) is 7.24. The summed E-state index contributed by atoms with van der Waals surface area (Å²) in [5.41, 5.74) is 0.585. The SMILES string of the molecule is COc1ccc(OC)c(NC(=O)CSc2nccn2C)c1. The molecule has 0 saturated carbocycles. The van der Waals surface area contributed by atoms with Gasteiger partial charge in [-0.05, 0) is 12.1 Å². The number of hydrogen-bond donors (Lipinski definition) is 1. The van der Waals surface area contributed by atoms with Crippen molar-refractivity contribution in [2.75, 3.05) is 25.3 Å². The van der Waals surface area contributed by atoms with Crippen molar-refractivity contribution in [3.8, 4) is 11.5 Å². The van der Waals surface area contributed by atoms with E-state index in [1.807, 2.05) is 17.8 Å². The fourth-order valence-corrected chi connectivity index (χ4v) is 2.45. The molecule has 21 heavy (non-hydrogen) atoms. The number of carbonyl (C=O) groups excluding carboxylic acids is 1. The second-order valence-corrected chi connectivity index (χ2v) is 5.17. The summed E-state index contributed by atoms with van der Waals surface area (Å²) in [6, 6.07) is 5.25. The molecule has 7 heteroatoms. The van der Waals surface area contributed by atoms with E-state index in [4.69, 9.17) is 9.47 Å². The van der Waals surface area contributed by atoms with E-state index in [-0.39, 0.29) is 11.7 Å². The van der Waals surface area contributed by atoms with E-state index in [1.54, 1.807) is 38.6 Å². The van der Waals surface area contributed by atoms with Crippen molar-refractivity contribution in [3.05, 3.63) is 30.6 Å². The van der Waals surface area contributed by atoms with Crippen molar-refractivity contribution < 1.29 is 14.3 Å². The van der Waals surface area contributed by atoms with Crippen LogP contribution in [0.5, 0.6) is 11.5 Å². The van der Waals surface area contributed by atoms with Crippen molar-refractivity contribution in [2.45, 2.75) is 5.16 Å². The van der Waals surface area contributed by atoms with Crippen LogP contribution in [-0.2, 0) is 11.8 Å². The molecule has 0 aliphatic carbocycles. The lowest BCUT2D eigenvalue weighted by molar-refractivity contribution is -0.113. The van der Waals surface area contributed by atoms with Crippen molar-refractivity contribution in [2.24, 2.45) is 7.05 Å². The first kappa shape index (κ1) is 15.2. The second-order valence-electron chi connectivity index (χ2n) is 4.22. The predicted octanol–water partition coefficient (Wildman–Crippen LogP) is 2.17. The zero-order chi connectivity index (χ0) is 15.2. The zero-order valence-electron chi connectivity index (χ0n) is 12.1. The minimum atomic E-state index is -0.130. The summed E-state index contributed by atoms with van der Waals surface area (Å²) in [7, 11) is 5.02. The number of benzene rings is 1. The standard InChI is InChI=1S/C14H17N3O3S/c1-17-7-6-15-14(17)21-9-13(18)16-11-8-10(19-2)4-5-12(11)20-3/h4-8H,9H2,1-3H3,(H,16,18). The van der Waals surface area contributed by atoms with Crippen molar-refractivity contribution >= 4 is 23.4 Å². The van der Waals surface area contributed by atoms with Gasteiger partial charge in [0.25, 0.3) is 0 Å². The number of nitrogens with one attached hydrogen (secondary N) is 1. The van der Waals surface area contributed by atoms with Crippen molar-refractivity contribution in [1.82, 2.24) is 9.55 Å². The van der Waals surface area contributed by atoms with Crippen molar-refractivity contribution in [1.29, 1.82) is 0 Å². The molecule has 0 bridgehead atoms. The lowest BCUT2D eigenvalue weighted by Gasteiger charge is -2.11. The molecule has 1 heterocycles. The Hall–Kier alpha value is -2.15. The van der Waals surface area contributed by atoms with Gasteiger partial charge >= 0.3 is 0 Å². The van der Waals surface area contributed by atoms with Gasteiger partial charge in [-0.3, -0.25) is 4.79 Å². The number of methoxy groups -OCH3 is 2. The van der Waals surface area contributed by atoms with Gasteiger partial charge in [-0.15, -0.1) is 0 Å². The Bertz CT molecular complexity index is 628. The Kier molecular flexibility index (Phi) is 5.10. The summed E-state index contributed by atoms with van der Waals surface area (Å²) < 4.78 is 12.2. The van der Waals surface area contributed by atoms with Crippen LogP contribution in [0, 0.1) is 0 Å². The molecule has 2 rings (SSSR count). The highest BCUT2D eigenvalue weighted by Crippen LogP contribution is 2.29. The number of hydrogen-bond acceptors (Lipinski definition) is 5. The van der Waals surface area contributed by atoms with Gasteiger partial charge < -0.3 is 19.4 Å². The van der Waals surface area contributed by atoms with Gasteiger partial charge in [0.1, 0.15) is 11.5 Å². The molecule has 1 N–H and O–H groups in total. The van der Waals surface area contributed by atoms with Crippen LogP contribution in [0.4, 0.5) is 5.69 Å². The van der Waals surface area contributed by atoms with E-state index in [0.717, 1.165) is 5.16 Å². The van der Waals surface area contributed by atoms with Crippen LogP contribution in [0.25, 0.3) is 0 Å². The Morgan fingerprint density at radius 3 is 2.81 bits per heavy atom. The van der Waals surface area contributed by atoms with Crippen LogP contribution >= 0.6 is 11.8 Å². The molecule has 0 atom stereocenters. The highest BCUT2D eigenvalue weighted by atomic mass is 32.2. The van der Waals surface area contributed by atoms with Gasteiger partial charge in [0.05, 0.1) is 25.7 Å². The number of thioether (sulfide) groups is 1. The molecular formula is C14H17N3O3S. The summed E-state index contributed by atoms with van der Waals surface area (Å²) in [5, 5.41) is 3.61. The van der Waals surface area contributed by atoms with E-state index in [0.29, 0.717) is 17.2 Å². The number of carbonyl (C=O) groups is 1. The Morgan fingerprint density at radius 2 is 2.19 bits per heavy atom. The van der Waals surface area contributed by atoms with E-state index in [9.17, 15) is 4.79 Å². The quantitative estimate of drug-likeness (QED) is 0.829. The largest absolute Gasteiger partial charge is 0.497 e. The molecule has 6 nitrogen and oxygen atoms in total. The number of nitrogens with zero attached hydrogens (tertiary/aromatic N) is 2. The fraction of sp³-hybridized carbons (Fsp3) is 0.286. The van der Waals surface area contributed by atoms with Crippen LogP contribution in [-0.4, -0.2) is 35.4 Å². The number of aromatic nitrogens is 2.